The third kappa shape index (κ3) is 3.13. The molecule has 4 nitrogen and oxygen atoms in total. The molecule has 0 spiro atoms. The summed E-state index contributed by atoms with van der Waals surface area (Å²) in [7, 11) is -2.04. The van der Waals surface area contributed by atoms with Crippen molar-refractivity contribution in [2.24, 2.45) is 7.05 Å². The van der Waals surface area contributed by atoms with Crippen molar-refractivity contribution >= 4 is 9.84 Å². The van der Waals surface area contributed by atoms with Gasteiger partial charge in [-0.3, -0.25) is 4.68 Å². The second-order valence-corrected chi connectivity index (χ2v) is 5.40. The van der Waals surface area contributed by atoms with Crippen molar-refractivity contribution in [1.82, 2.24) is 9.78 Å². The molecule has 0 aromatic carbocycles. The molecule has 1 aromatic rings. The van der Waals surface area contributed by atoms with Gasteiger partial charge < -0.3 is 0 Å². The van der Waals surface area contributed by atoms with Gasteiger partial charge in [0.2, 0.25) is 0 Å². The van der Waals surface area contributed by atoms with Crippen molar-refractivity contribution < 1.29 is 17.2 Å². The van der Waals surface area contributed by atoms with Crippen molar-refractivity contribution in [3.8, 4) is 0 Å². The zero-order valence-electron chi connectivity index (χ0n) is 8.94. The third-order valence-corrected chi connectivity index (χ3v) is 3.76. The quantitative estimate of drug-likeness (QED) is 0.816. The van der Waals surface area contributed by atoms with Crippen LogP contribution in [0.15, 0.2) is 23.2 Å². The topological polar surface area (TPSA) is 52.0 Å². The standard InChI is InChI=1S/C9H12F2N2O2S/c1-7-6-9(13(2)12-7)16(14,15)5-3-4-8(10)11/h4,6H,3,5H2,1-2H3. The van der Waals surface area contributed by atoms with Gasteiger partial charge in [-0.25, -0.2) is 8.42 Å². The molecule has 0 unspecified atom stereocenters. The summed E-state index contributed by atoms with van der Waals surface area (Å²) in [5.41, 5.74) is 0.577. The van der Waals surface area contributed by atoms with E-state index in [-0.39, 0.29) is 17.2 Å². The van der Waals surface area contributed by atoms with Gasteiger partial charge in [0.05, 0.1) is 11.4 Å². The van der Waals surface area contributed by atoms with E-state index in [2.05, 4.69) is 5.10 Å². The van der Waals surface area contributed by atoms with Crippen LogP contribution in [0.5, 0.6) is 0 Å². The first-order chi connectivity index (χ1) is 7.33. The Hall–Kier alpha value is -1.24. The fourth-order valence-electron chi connectivity index (χ4n) is 1.31. The van der Waals surface area contributed by atoms with E-state index in [1.165, 1.54) is 17.8 Å². The summed E-state index contributed by atoms with van der Waals surface area (Å²) < 4.78 is 48.2. The molecule has 0 bridgehead atoms. The minimum atomic E-state index is -3.54. The Labute approximate surface area is 92.5 Å². The highest BCUT2D eigenvalue weighted by atomic mass is 32.2. The van der Waals surface area contributed by atoms with E-state index >= 15 is 0 Å². The molecule has 90 valence electrons. The molecule has 0 N–H and O–H groups in total. The van der Waals surface area contributed by atoms with Crippen LogP contribution in [0.3, 0.4) is 0 Å². The van der Waals surface area contributed by atoms with Gasteiger partial charge in [0.1, 0.15) is 0 Å². The SMILES string of the molecule is Cc1cc(S(=O)(=O)CCC=C(F)F)n(C)n1. The lowest BCUT2D eigenvalue weighted by molar-refractivity contribution is 0.418. The van der Waals surface area contributed by atoms with E-state index in [1.807, 2.05) is 0 Å². The van der Waals surface area contributed by atoms with Gasteiger partial charge >= 0.3 is 0 Å². The van der Waals surface area contributed by atoms with Crippen molar-refractivity contribution in [3.63, 3.8) is 0 Å². The molecule has 0 fully saturated rings. The molecule has 0 radical (unpaired) electrons. The van der Waals surface area contributed by atoms with Crippen LogP contribution < -0.4 is 0 Å². The molecule has 1 heterocycles. The Morgan fingerprint density at radius 2 is 2.19 bits per heavy atom. The van der Waals surface area contributed by atoms with Crippen molar-refractivity contribution in [1.29, 1.82) is 0 Å². The summed E-state index contributed by atoms with van der Waals surface area (Å²) in [6.07, 6.45) is -1.47. The number of rotatable bonds is 4. The number of sulfone groups is 1. The van der Waals surface area contributed by atoms with E-state index in [0.717, 1.165) is 0 Å². The second-order valence-electron chi connectivity index (χ2n) is 3.35. The third-order valence-electron chi connectivity index (χ3n) is 1.96. The maximum absolute atomic E-state index is 11.7. The minimum Gasteiger partial charge on any atom is -0.257 e. The number of aromatic nitrogens is 2. The molecule has 0 saturated heterocycles. The smallest absolute Gasteiger partial charge is 0.257 e. The van der Waals surface area contributed by atoms with Gasteiger partial charge in [-0.2, -0.15) is 13.9 Å². The highest BCUT2D eigenvalue weighted by Crippen LogP contribution is 2.13. The molecule has 0 amide bonds. The zero-order valence-corrected chi connectivity index (χ0v) is 9.76. The summed E-state index contributed by atoms with van der Waals surface area (Å²) in [6.45, 7) is 1.67. The minimum absolute atomic E-state index is 0.0534. The van der Waals surface area contributed by atoms with Crippen LogP contribution in [-0.4, -0.2) is 24.0 Å². The summed E-state index contributed by atoms with van der Waals surface area (Å²) in [6, 6.07) is 1.42. The van der Waals surface area contributed by atoms with Crippen molar-refractivity contribution in [2.75, 3.05) is 5.75 Å². The normalized spacial score (nSPS) is 11.5. The molecule has 7 heteroatoms. The largest absolute Gasteiger partial charge is 0.266 e. The maximum atomic E-state index is 11.7. The van der Waals surface area contributed by atoms with Crippen LogP contribution in [0.2, 0.25) is 0 Å². The molecule has 16 heavy (non-hydrogen) atoms. The predicted molar refractivity (Wildman–Crippen MR) is 54.9 cm³/mol. The number of hydrogen-bond donors (Lipinski definition) is 0. The van der Waals surface area contributed by atoms with Crippen LogP contribution in [0.1, 0.15) is 12.1 Å². The Morgan fingerprint density at radius 1 is 1.56 bits per heavy atom. The summed E-state index contributed by atoms with van der Waals surface area (Å²) in [5, 5.41) is 3.95. The Balaban J connectivity index is 2.87. The number of halogens is 2. The highest BCUT2D eigenvalue weighted by molar-refractivity contribution is 7.91. The van der Waals surface area contributed by atoms with Gasteiger partial charge in [-0.05, 0) is 25.5 Å². The lowest BCUT2D eigenvalue weighted by Gasteiger charge is -2.01. The van der Waals surface area contributed by atoms with E-state index in [0.29, 0.717) is 11.8 Å². The lowest BCUT2D eigenvalue weighted by Crippen LogP contribution is -2.11. The molecule has 1 rings (SSSR count). The average Bonchev–Trinajstić information content (AvgIpc) is 2.44. The van der Waals surface area contributed by atoms with E-state index in [9.17, 15) is 17.2 Å². The second kappa shape index (κ2) is 4.73. The van der Waals surface area contributed by atoms with E-state index in [1.54, 1.807) is 6.92 Å². The Kier molecular flexibility index (Phi) is 3.79. The Bertz CT molecular complexity index is 502. The van der Waals surface area contributed by atoms with Crippen LogP contribution in [0.4, 0.5) is 8.78 Å². The highest BCUT2D eigenvalue weighted by Gasteiger charge is 2.18. The van der Waals surface area contributed by atoms with Crippen molar-refractivity contribution in [3.05, 3.63) is 23.9 Å². The van der Waals surface area contributed by atoms with E-state index < -0.39 is 15.9 Å². The number of aryl methyl sites for hydroxylation is 2. The summed E-state index contributed by atoms with van der Waals surface area (Å²) in [5.74, 6) is -0.344. The summed E-state index contributed by atoms with van der Waals surface area (Å²) in [4.78, 5) is 0. The number of allylic oxidation sites excluding steroid dienone is 1. The maximum Gasteiger partial charge on any atom is 0.266 e. The van der Waals surface area contributed by atoms with Gasteiger partial charge in [-0.15, -0.1) is 0 Å². The molecule has 0 aliphatic heterocycles. The molecular formula is C9H12F2N2O2S. The first kappa shape index (κ1) is 12.8. The van der Waals surface area contributed by atoms with Crippen LogP contribution in [-0.2, 0) is 16.9 Å². The molecule has 0 aliphatic carbocycles. The molecule has 0 atom stereocenters. The van der Waals surface area contributed by atoms with Gasteiger partial charge in [0.15, 0.2) is 14.9 Å². The molecule has 1 aromatic heterocycles. The van der Waals surface area contributed by atoms with Gasteiger partial charge in [-0.1, -0.05) is 0 Å². The van der Waals surface area contributed by atoms with Crippen LogP contribution >= 0.6 is 0 Å². The number of nitrogens with zero attached hydrogens (tertiary/aromatic N) is 2. The molecule has 0 aliphatic rings. The van der Waals surface area contributed by atoms with Crippen LogP contribution in [0, 0.1) is 6.92 Å². The van der Waals surface area contributed by atoms with Crippen molar-refractivity contribution in [2.45, 2.75) is 18.4 Å². The van der Waals surface area contributed by atoms with E-state index in [4.69, 9.17) is 0 Å². The fraction of sp³-hybridized carbons (Fsp3) is 0.444. The number of hydrogen-bond acceptors (Lipinski definition) is 3. The zero-order chi connectivity index (χ0) is 12.3. The molecule has 0 saturated carbocycles. The first-order valence-electron chi connectivity index (χ1n) is 4.57. The average molecular weight is 250 g/mol. The first-order valence-corrected chi connectivity index (χ1v) is 6.23. The summed E-state index contributed by atoms with van der Waals surface area (Å²) >= 11 is 0. The van der Waals surface area contributed by atoms with Crippen LogP contribution in [0.25, 0.3) is 0 Å². The lowest BCUT2D eigenvalue weighted by atomic mass is 10.5. The predicted octanol–water partition coefficient (Wildman–Crippen LogP) is 1.67. The molecular weight excluding hydrogens is 238 g/mol. The Morgan fingerprint density at radius 3 is 2.62 bits per heavy atom. The fourth-order valence-corrected chi connectivity index (χ4v) is 2.74. The monoisotopic (exact) mass is 250 g/mol. The van der Waals surface area contributed by atoms with Gasteiger partial charge in [0, 0.05) is 7.05 Å². The van der Waals surface area contributed by atoms with Gasteiger partial charge in [0.25, 0.3) is 6.08 Å².